The van der Waals surface area contributed by atoms with Gasteiger partial charge in [0, 0.05) is 18.7 Å². The zero-order valence-corrected chi connectivity index (χ0v) is 16.9. The van der Waals surface area contributed by atoms with Crippen LogP contribution < -0.4 is 11.2 Å². The number of carbonyl (C=O) groups is 2. The molecule has 0 unspecified atom stereocenters. The number of nitrogens with zero attached hydrogens (tertiary/aromatic N) is 1. The topological polar surface area (TPSA) is 117 Å². The Kier molecular flexibility index (Phi) is 6.27. The van der Waals surface area contributed by atoms with Crippen LogP contribution in [0, 0.1) is 0 Å². The lowest BCUT2D eigenvalue weighted by molar-refractivity contribution is -0.0582. The Balaban J connectivity index is 1.51. The van der Waals surface area contributed by atoms with E-state index in [0.29, 0.717) is 11.1 Å². The van der Waals surface area contributed by atoms with Crippen molar-refractivity contribution in [2.24, 2.45) is 0 Å². The van der Waals surface area contributed by atoms with Crippen LogP contribution in [-0.4, -0.2) is 40.3 Å². The summed E-state index contributed by atoms with van der Waals surface area (Å²) in [6, 6.07) is 18.1. The van der Waals surface area contributed by atoms with E-state index in [-0.39, 0.29) is 13.0 Å². The molecule has 164 valence electrons. The second-order valence-electron chi connectivity index (χ2n) is 7.16. The summed E-state index contributed by atoms with van der Waals surface area (Å²) in [7, 11) is 0. The van der Waals surface area contributed by atoms with Crippen molar-refractivity contribution in [3.8, 4) is 0 Å². The molecule has 1 aromatic heterocycles. The smallest absolute Gasteiger partial charge is 0.338 e. The third kappa shape index (κ3) is 4.84. The summed E-state index contributed by atoms with van der Waals surface area (Å²) in [6.07, 6.45) is -0.958. The average molecular weight is 436 g/mol. The lowest BCUT2D eigenvalue weighted by atomic mass is 10.1. The Labute approximate surface area is 182 Å². The Morgan fingerprint density at radius 2 is 1.56 bits per heavy atom. The van der Waals surface area contributed by atoms with Gasteiger partial charge in [0.2, 0.25) is 0 Å². The summed E-state index contributed by atoms with van der Waals surface area (Å²) in [6.45, 7) is -0.185. The highest BCUT2D eigenvalue weighted by Gasteiger charge is 2.40. The fourth-order valence-electron chi connectivity index (χ4n) is 3.39. The molecule has 3 aromatic rings. The monoisotopic (exact) mass is 436 g/mol. The minimum Gasteiger partial charge on any atom is -0.459 e. The maximum absolute atomic E-state index is 12.6. The van der Waals surface area contributed by atoms with Crippen LogP contribution in [-0.2, 0) is 14.2 Å². The highest BCUT2D eigenvalue weighted by atomic mass is 16.6. The van der Waals surface area contributed by atoms with Crippen molar-refractivity contribution >= 4 is 11.9 Å². The number of rotatable bonds is 6. The number of carbonyl (C=O) groups excluding carboxylic acids is 2. The number of aromatic nitrogens is 2. The summed E-state index contributed by atoms with van der Waals surface area (Å²) < 4.78 is 18.1. The Morgan fingerprint density at radius 1 is 0.938 bits per heavy atom. The molecule has 0 saturated carbocycles. The van der Waals surface area contributed by atoms with Gasteiger partial charge in [0.1, 0.15) is 25.0 Å². The van der Waals surface area contributed by atoms with Crippen molar-refractivity contribution in [3.05, 3.63) is 105 Å². The van der Waals surface area contributed by atoms with Gasteiger partial charge in [0.25, 0.3) is 5.56 Å². The standard InChI is InChI=1S/C23H20N2O7/c26-19-11-12-25(23(29)24-19)20-13-17(32-22(28)16-9-5-2-6-10-16)18(31-20)14-30-21(27)15-7-3-1-4-8-15/h1-12,17-18,20H,13-14H2,(H,24,26,29)/t17-,18+,20+/m1/s1. The van der Waals surface area contributed by atoms with E-state index in [0.717, 1.165) is 0 Å². The first-order chi connectivity index (χ1) is 15.5. The van der Waals surface area contributed by atoms with Gasteiger partial charge in [-0.15, -0.1) is 0 Å². The number of benzene rings is 2. The molecule has 1 N–H and O–H groups in total. The minimum atomic E-state index is -0.812. The molecule has 0 amide bonds. The molecule has 9 heteroatoms. The van der Waals surface area contributed by atoms with Crippen LogP contribution in [0.15, 0.2) is 82.5 Å². The van der Waals surface area contributed by atoms with Crippen LogP contribution in [0.2, 0.25) is 0 Å². The molecule has 9 nitrogen and oxygen atoms in total. The maximum Gasteiger partial charge on any atom is 0.338 e. The van der Waals surface area contributed by atoms with Gasteiger partial charge < -0.3 is 14.2 Å². The van der Waals surface area contributed by atoms with Crippen LogP contribution >= 0.6 is 0 Å². The number of ether oxygens (including phenoxy) is 3. The summed E-state index contributed by atoms with van der Waals surface area (Å²) in [5.74, 6) is -1.11. The van der Waals surface area contributed by atoms with Gasteiger partial charge in [-0.1, -0.05) is 36.4 Å². The number of nitrogens with one attached hydrogen (secondary N) is 1. The number of hydrogen-bond acceptors (Lipinski definition) is 7. The first-order valence-corrected chi connectivity index (χ1v) is 9.96. The van der Waals surface area contributed by atoms with E-state index in [1.807, 2.05) is 0 Å². The number of esters is 2. The van der Waals surface area contributed by atoms with Crippen molar-refractivity contribution in [2.45, 2.75) is 24.9 Å². The van der Waals surface area contributed by atoms with E-state index >= 15 is 0 Å². The average Bonchev–Trinajstić information content (AvgIpc) is 3.20. The molecular weight excluding hydrogens is 416 g/mol. The second kappa shape index (κ2) is 9.44. The fraction of sp³-hybridized carbons (Fsp3) is 0.217. The molecule has 1 saturated heterocycles. The molecule has 32 heavy (non-hydrogen) atoms. The van der Waals surface area contributed by atoms with Gasteiger partial charge in [-0.25, -0.2) is 14.4 Å². The first-order valence-electron chi connectivity index (χ1n) is 9.96. The van der Waals surface area contributed by atoms with Crippen LogP contribution in [0.1, 0.15) is 33.4 Å². The van der Waals surface area contributed by atoms with E-state index in [2.05, 4.69) is 4.98 Å². The van der Waals surface area contributed by atoms with Crippen LogP contribution in [0.5, 0.6) is 0 Å². The predicted octanol–water partition coefficient (Wildman–Crippen LogP) is 1.91. The van der Waals surface area contributed by atoms with Gasteiger partial charge in [-0.2, -0.15) is 0 Å². The van der Waals surface area contributed by atoms with Gasteiger partial charge >= 0.3 is 17.6 Å². The van der Waals surface area contributed by atoms with E-state index < -0.39 is 41.6 Å². The lowest BCUT2D eigenvalue weighted by Gasteiger charge is -2.19. The fourth-order valence-corrected chi connectivity index (χ4v) is 3.39. The number of hydrogen-bond donors (Lipinski definition) is 1. The maximum atomic E-state index is 12.6. The Morgan fingerprint density at radius 3 is 2.19 bits per heavy atom. The van der Waals surface area contributed by atoms with Crippen LogP contribution in [0.3, 0.4) is 0 Å². The van der Waals surface area contributed by atoms with Crippen molar-refractivity contribution in [2.75, 3.05) is 6.61 Å². The van der Waals surface area contributed by atoms with Gasteiger partial charge in [0.05, 0.1) is 11.1 Å². The van der Waals surface area contributed by atoms with E-state index in [4.69, 9.17) is 14.2 Å². The van der Waals surface area contributed by atoms with Crippen molar-refractivity contribution in [1.82, 2.24) is 9.55 Å². The van der Waals surface area contributed by atoms with Crippen LogP contribution in [0.4, 0.5) is 0 Å². The normalized spacial score (nSPS) is 19.9. The minimum absolute atomic E-state index is 0.137. The first kappa shape index (κ1) is 21.3. The predicted molar refractivity (Wildman–Crippen MR) is 112 cm³/mol. The molecule has 0 bridgehead atoms. The quantitative estimate of drug-likeness (QED) is 0.587. The molecule has 2 aromatic carbocycles. The number of aromatic amines is 1. The molecule has 0 radical (unpaired) electrons. The summed E-state index contributed by atoms with van der Waals surface area (Å²) >= 11 is 0. The second-order valence-corrected chi connectivity index (χ2v) is 7.16. The summed E-state index contributed by atoms with van der Waals surface area (Å²) in [4.78, 5) is 50.6. The zero-order valence-electron chi connectivity index (χ0n) is 16.9. The third-order valence-corrected chi connectivity index (χ3v) is 5.00. The Bertz CT molecular complexity index is 1200. The highest BCUT2D eigenvalue weighted by molar-refractivity contribution is 5.90. The molecule has 4 rings (SSSR count). The molecule has 0 aliphatic carbocycles. The highest BCUT2D eigenvalue weighted by Crippen LogP contribution is 2.30. The molecule has 1 aliphatic rings. The Hall–Kier alpha value is -3.98. The van der Waals surface area contributed by atoms with Crippen molar-refractivity contribution in [3.63, 3.8) is 0 Å². The van der Waals surface area contributed by atoms with E-state index in [1.54, 1.807) is 60.7 Å². The third-order valence-electron chi connectivity index (χ3n) is 5.00. The summed E-state index contributed by atoms with van der Waals surface area (Å²) in [5.41, 5.74) is -0.462. The van der Waals surface area contributed by atoms with Gasteiger partial charge in [-0.05, 0) is 24.3 Å². The SMILES string of the molecule is O=C(OC[C@@H]1O[C@H](n2ccc(=O)[nH]c2=O)C[C@H]1OC(=O)c1ccccc1)c1ccccc1. The molecule has 0 spiro atoms. The molecule has 1 fully saturated rings. The molecule has 1 aliphatic heterocycles. The van der Waals surface area contributed by atoms with E-state index in [1.165, 1.54) is 16.8 Å². The molecule has 3 atom stereocenters. The molecular formula is C23H20N2O7. The molecule has 2 heterocycles. The van der Waals surface area contributed by atoms with Gasteiger partial charge in [0.15, 0.2) is 0 Å². The van der Waals surface area contributed by atoms with Gasteiger partial charge in [-0.3, -0.25) is 14.3 Å². The number of H-pyrrole nitrogens is 1. The van der Waals surface area contributed by atoms with Crippen LogP contribution in [0.25, 0.3) is 0 Å². The zero-order chi connectivity index (χ0) is 22.5. The van der Waals surface area contributed by atoms with Crippen molar-refractivity contribution < 1.29 is 23.8 Å². The summed E-state index contributed by atoms with van der Waals surface area (Å²) in [5, 5.41) is 0. The largest absolute Gasteiger partial charge is 0.459 e. The van der Waals surface area contributed by atoms with Crippen molar-refractivity contribution in [1.29, 1.82) is 0 Å². The van der Waals surface area contributed by atoms with E-state index in [9.17, 15) is 19.2 Å². The lowest BCUT2D eigenvalue weighted by Crippen LogP contribution is -2.32.